The van der Waals surface area contributed by atoms with Crippen LogP contribution in [0.25, 0.3) is 0 Å². The summed E-state index contributed by atoms with van der Waals surface area (Å²) in [5.41, 5.74) is 5.29. The SMILES string of the molecule is CC(C)(C)OC(=O)N(CCCCNC(=O)OCc1ccccc1)NC(=O)N(Cc1ccccc1)N1C(=O)c2ccccc2C1=O.CC(C)(C)OC(=O)N(N)CCCCNC(=O)OCc1ccccc1.C[n+]1ccn(C(=O)N(Cc2ccccc2)N2C(=O)c3ccccc3C2=O)c1.[I-]. The lowest BCUT2D eigenvalue weighted by Gasteiger charge is -2.33. The number of rotatable bonds is 20. The van der Waals surface area contributed by atoms with Gasteiger partial charge in [0, 0.05) is 26.2 Å². The predicted octanol–water partition coefficient (Wildman–Crippen LogP) is 7.07. The van der Waals surface area contributed by atoms with Gasteiger partial charge < -0.3 is 53.6 Å². The fourth-order valence-electron chi connectivity index (χ4n) is 9.28. The molecule has 3 heterocycles. The molecule has 512 valence electrons. The fourth-order valence-corrected chi connectivity index (χ4v) is 9.28. The number of hydrogen-bond donors (Lipinski definition) is 4. The summed E-state index contributed by atoms with van der Waals surface area (Å²) in [7, 11) is 1.79. The molecule has 2 aliphatic rings. The maximum Gasteiger partial charge on any atom is 0.435 e. The molecule has 0 atom stereocenters. The summed E-state index contributed by atoms with van der Waals surface area (Å²) < 4.78 is 24.0. The lowest BCUT2D eigenvalue weighted by atomic mass is 10.1. The van der Waals surface area contributed by atoms with E-state index >= 15 is 0 Å². The number of carbonyl (C=O) groups excluding carboxylic acids is 10. The van der Waals surface area contributed by atoms with E-state index in [1.165, 1.54) is 21.7 Å². The van der Waals surface area contributed by atoms with Gasteiger partial charge >= 0.3 is 36.4 Å². The van der Waals surface area contributed by atoms with Crippen molar-refractivity contribution in [1.82, 2.24) is 50.7 Å². The smallest absolute Gasteiger partial charge is 0.435 e. The number of imidazole rings is 1. The molecule has 0 unspecified atom stereocenters. The topological polar surface area (TPSA) is 298 Å². The maximum atomic E-state index is 13.8. The van der Waals surface area contributed by atoms with E-state index in [9.17, 15) is 47.9 Å². The van der Waals surface area contributed by atoms with E-state index in [4.69, 9.17) is 24.8 Å². The van der Waals surface area contributed by atoms with Crippen molar-refractivity contribution in [2.24, 2.45) is 12.9 Å². The summed E-state index contributed by atoms with van der Waals surface area (Å²) in [6.07, 6.45) is 4.59. The molecule has 2 aliphatic heterocycles. The Hall–Kier alpha value is -10.7. The monoisotopic (exact) mass is 1440 g/mol. The van der Waals surface area contributed by atoms with Crippen molar-refractivity contribution in [3.05, 3.63) is 233 Å². The summed E-state index contributed by atoms with van der Waals surface area (Å²) in [6.45, 7) is 11.8. The molecule has 27 heteroatoms. The zero-order valence-corrected chi connectivity index (χ0v) is 57.3. The molecule has 97 heavy (non-hydrogen) atoms. The first-order valence-corrected chi connectivity index (χ1v) is 31.0. The van der Waals surface area contributed by atoms with Gasteiger partial charge in [-0.2, -0.15) is 14.6 Å². The van der Waals surface area contributed by atoms with Crippen molar-refractivity contribution in [1.29, 1.82) is 0 Å². The number of nitrogens with two attached hydrogens (primary N) is 1. The normalized spacial score (nSPS) is 12.0. The van der Waals surface area contributed by atoms with Gasteiger partial charge in [0.1, 0.15) is 36.8 Å². The summed E-state index contributed by atoms with van der Waals surface area (Å²) in [5.74, 6) is 3.31. The number of hydrogen-bond acceptors (Lipinski definition) is 15. The van der Waals surface area contributed by atoms with Crippen LogP contribution >= 0.6 is 0 Å². The van der Waals surface area contributed by atoms with E-state index in [0.717, 1.165) is 41.7 Å². The lowest BCUT2D eigenvalue weighted by molar-refractivity contribution is -0.670. The van der Waals surface area contributed by atoms with Gasteiger partial charge in [-0.3, -0.25) is 19.2 Å². The van der Waals surface area contributed by atoms with Crippen LogP contribution in [0.1, 0.15) is 131 Å². The average Bonchev–Trinajstić information content (AvgIpc) is 1.63. The molecule has 0 fully saturated rings. The molecule has 11 amide bonds. The number of nitrogens with zero attached hydrogens (tertiary/aromatic N) is 8. The number of unbranched alkanes of at least 4 members (excludes halogenated alkanes) is 2. The Kier molecular flexibility index (Phi) is 28.2. The average molecular weight is 1440 g/mol. The molecule has 0 saturated carbocycles. The van der Waals surface area contributed by atoms with E-state index in [1.54, 1.807) is 139 Å². The summed E-state index contributed by atoms with van der Waals surface area (Å²) in [5, 5.41) is 11.2. The quantitative estimate of drug-likeness (QED) is 0.00867. The van der Waals surface area contributed by atoms with Gasteiger partial charge in [-0.15, -0.1) is 0 Å². The Morgan fingerprint density at radius 2 is 0.845 bits per heavy atom. The Balaban J connectivity index is 0.000000245. The maximum absolute atomic E-state index is 13.8. The second kappa shape index (κ2) is 36.3. The van der Waals surface area contributed by atoms with Gasteiger partial charge in [0.05, 0.1) is 42.4 Å². The Morgan fingerprint density at radius 3 is 1.24 bits per heavy atom. The highest BCUT2D eigenvalue weighted by Gasteiger charge is 2.44. The highest BCUT2D eigenvalue weighted by molar-refractivity contribution is 6.22. The van der Waals surface area contributed by atoms with Crippen LogP contribution in [0.3, 0.4) is 0 Å². The number of ether oxygens (including phenoxy) is 4. The number of nitrogens with one attached hydrogen (secondary N) is 3. The van der Waals surface area contributed by atoms with E-state index in [0.29, 0.717) is 55.5 Å². The number of alkyl carbamates (subject to hydrolysis) is 2. The third kappa shape index (κ3) is 23.0. The summed E-state index contributed by atoms with van der Waals surface area (Å²) in [4.78, 5) is 128. The second-order valence-corrected chi connectivity index (χ2v) is 23.9. The molecular formula is C70H81IN12O14. The molecule has 7 aromatic rings. The van der Waals surface area contributed by atoms with Crippen LogP contribution in [0.5, 0.6) is 0 Å². The minimum Gasteiger partial charge on any atom is -1.00 e. The van der Waals surface area contributed by atoms with Crippen LogP contribution < -0.4 is 50.4 Å². The molecule has 9 rings (SSSR count). The Morgan fingerprint density at radius 1 is 0.485 bits per heavy atom. The minimum absolute atomic E-state index is 0. The van der Waals surface area contributed by atoms with E-state index in [-0.39, 0.29) is 74.5 Å². The lowest BCUT2D eigenvalue weighted by Crippen LogP contribution is -3.00. The first kappa shape index (κ1) is 75.3. The predicted molar refractivity (Wildman–Crippen MR) is 351 cm³/mol. The number of hydrazine groups is 4. The zero-order valence-electron chi connectivity index (χ0n) is 55.1. The third-order valence-electron chi connectivity index (χ3n) is 13.9. The van der Waals surface area contributed by atoms with Crippen LogP contribution in [-0.2, 0) is 52.3 Å². The highest BCUT2D eigenvalue weighted by Crippen LogP contribution is 2.28. The van der Waals surface area contributed by atoms with Gasteiger partial charge in [-0.25, -0.2) is 64.6 Å². The minimum atomic E-state index is -0.887. The molecule has 1 aromatic heterocycles. The number of urea groups is 1. The van der Waals surface area contributed by atoms with Gasteiger partial charge in [0.15, 0.2) is 0 Å². The van der Waals surface area contributed by atoms with E-state index < -0.39 is 71.3 Å². The molecular weight excluding hydrogens is 1360 g/mol. The summed E-state index contributed by atoms with van der Waals surface area (Å²) >= 11 is 0. The number of amides is 11. The molecule has 26 nitrogen and oxygen atoms in total. The second-order valence-electron chi connectivity index (χ2n) is 23.9. The third-order valence-corrected chi connectivity index (χ3v) is 13.9. The number of halogens is 1. The number of aryl methyl sites for hydroxylation is 1. The van der Waals surface area contributed by atoms with Crippen LogP contribution in [0.2, 0.25) is 0 Å². The number of benzene rings is 6. The van der Waals surface area contributed by atoms with Crippen LogP contribution in [0, 0.1) is 0 Å². The molecule has 0 radical (unpaired) electrons. The largest absolute Gasteiger partial charge is 1.00 e. The molecule has 0 aliphatic carbocycles. The van der Waals surface area contributed by atoms with E-state index in [1.807, 2.05) is 91.0 Å². The first-order valence-electron chi connectivity index (χ1n) is 31.0. The van der Waals surface area contributed by atoms with Gasteiger partial charge in [0.2, 0.25) is 0 Å². The molecule has 0 saturated heterocycles. The van der Waals surface area contributed by atoms with Crippen LogP contribution in [0.15, 0.2) is 189 Å². The molecule has 5 N–H and O–H groups in total. The Bertz CT molecular complexity index is 3740. The van der Waals surface area contributed by atoms with E-state index in [2.05, 4.69) is 16.1 Å². The first-order chi connectivity index (χ1) is 45.9. The van der Waals surface area contributed by atoms with Crippen LogP contribution in [0.4, 0.5) is 28.8 Å². The number of aromatic nitrogens is 2. The van der Waals surface area contributed by atoms with Crippen LogP contribution in [-0.4, -0.2) is 132 Å². The van der Waals surface area contributed by atoms with Crippen molar-refractivity contribution in [2.45, 2.75) is 105 Å². The van der Waals surface area contributed by atoms with Crippen molar-refractivity contribution in [3.63, 3.8) is 0 Å². The van der Waals surface area contributed by atoms with Gasteiger partial charge in [-0.05, 0) is 114 Å². The Labute approximate surface area is 580 Å². The summed E-state index contributed by atoms with van der Waals surface area (Å²) in [6, 6.07) is 48.3. The highest BCUT2D eigenvalue weighted by atomic mass is 127. The fraction of sp³-hybridized carbons (Fsp3) is 0.300. The molecule has 0 bridgehead atoms. The van der Waals surface area contributed by atoms with Gasteiger partial charge in [-0.1, -0.05) is 146 Å². The van der Waals surface area contributed by atoms with Crippen molar-refractivity contribution < 1.29 is 95.4 Å². The number of imide groups is 2. The number of fused-ring (bicyclic) bond motifs is 2. The molecule has 6 aromatic carbocycles. The van der Waals surface area contributed by atoms with Crippen molar-refractivity contribution in [3.8, 4) is 0 Å². The zero-order chi connectivity index (χ0) is 69.4. The van der Waals surface area contributed by atoms with Crippen molar-refractivity contribution in [2.75, 3.05) is 26.2 Å². The number of carbonyl (C=O) groups is 10. The van der Waals surface area contributed by atoms with Crippen molar-refractivity contribution >= 4 is 60.1 Å². The molecule has 0 spiro atoms. The standard InChI is InChI=1S/C33H37N5O7.C20H17N4O3.C17H27N3O4.HI/c1-33(2,3)45-32(43)36(21-13-12-20-34-31(42)44-23-25-16-8-5-9-17-25)35-30(41)37(22-24-14-6-4-7-15-24)38-28(39)26-18-10-11-19-27(26)29(38)40;1-21-11-12-22(14-21)20(27)23(13-15-7-3-2-4-8-15)24-18(25)16-9-5-6-10-17(16)19(24)26;1-17(2,3)24-16(22)20(18)12-8-7-11-19-15(21)23-13-14-9-5-4-6-10-14;/h4-11,14-19H,12-13,20-23H2,1-3H3,(H,34,42)(H,35,41);2-12,14H,13H2,1H3;4-6,9-10H,7-8,11-13,18H2,1-3H3,(H,19,21);1H/q;+1;;/p-1. The van der Waals surface area contributed by atoms with Gasteiger partial charge in [0.25, 0.3) is 30.0 Å².